The molecule has 0 aliphatic rings. The maximum atomic E-state index is 13.3. The topological polar surface area (TPSA) is 142 Å². The van der Waals surface area contributed by atoms with Crippen LogP contribution in [-0.2, 0) is 38.9 Å². The largest absolute Gasteiger partial charge is 0.453 e. The number of nitrogens with one attached hydrogen (secondary N) is 4. The van der Waals surface area contributed by atoms with Crippen molar-refractivity contribution in [3.63, 3.8) is 0 Å². The summed E-state index contributed by atoms with van der Waals surface area (Å²) in [6, 6.07) is 21.4. The Bertz CT molecular complexity index is 1710. The van der Waals surface area contributed by atoms with Gasteiger partial charge in [-0.2, -0.15) is 0 Å². The second-order valence-corrected chi connectivity index (χ2v) is 13.1. The molecule has 0 spiro atoms. The smallest absolute Gasteiger partial charge is 0.411 e. The van der Waals surface area contributed by atoms with E-state index in [4.69, 9.17) is 28.2 Å². The average molecular weight is 673 g/mol. The van der Waals surface area contributed by atoms with Crippen molar-refractivity contribution in [3.05, 3.63) is 105 Å². The third-order valence-corrected chi connectivity index (χ3v) is 9.00. The zero-order chi connectivity index (χ0) is 32.4. The molecular formula is C32H35Cl2N5O5S. The summed E-state index contributed by atoms with van der Waals surface area (Å²) in [6.07, 6.45) is 0.878. The molecule has 1 aromatic heterocycles. The van der Waals surface area contributed by atoms with Crippen LogP contribution in [0.3, 0.4) is 0 Å². The van der Waals surface area contributed by atoms with Crippen molar-refractivity contribution < 1.29 is 22.7 Å². The maximum Gasteiger partial charge on any atom is 0.411 e. The number of carbonyl (C=O) groups excluding carboxylic acids is 2. The number of H-pyrrole nitrogens is 1. The first-order valence-electron chi connectivity index (χ1n) is 14.4. The SMILES string of the molecule is CCCS(=O)(=O)NCc1ccc(Cl)cc1CCC(=O)N[C@@H](Cc1ccccc1)c1nc(-c2ccc(NC(=O)OC)cc2)c(Cl)[nH]1. The van der Waals surface area contributed by atoms with E-state index in [1.807, 2.05) is 30.3 Å². The fraction of sp³-hybridized carbons (Fsp3) is 0.281. The summed E-state index contributed by atoms with van der Waals surface area (Å²) >= 11 is 12.8. The van der Waals surface area contributed by atoms with Gasteiger partial charge >= 0.3 is 6.09 Å². The van der Waals surface area contributed by atoms with E-state index >= 15 is 0 Å². The Kier molecular flexibility index (Phi) is 12.0. The Morgan fingerprint density at radius 3 is 2.42 bits per heavy atom. The number of ether oxygens (including phenoxy) is 1. The first-order chi connectivity index (χ1) is 21.6. The van der Waals surface area contributed by atoms with Crippen molar-refractivity contribution in [2.45, 2.75) is 45.2 Å². The van der Waals surface area contributed by atoms with E-state index in [0.717, 1.165) is 16.7 Å². The van der Waals surface area contributed by atoms with Crippen molar-refractivity contribution in [1.29, 1.82) is 0 Å². The number of benzene rings is 3. The molecule has 0 saturated carbocycles. The third kappa shape index (κ3) is 10.1. The summed E-state index contributed by atoms with van der Waals surface area (Å²) in [5.41, 5.74) is 4.29. The van der Waals surface area contributed by atoms with Crippen LogP contribution in [0.2, 0.25) is 10.2 Å². The minimum Gasteiger partial charge on any atom is -0.453 e. The van der Waals surface area contributed by atoms with Gasteiger partial charge in [-0.3, -0.25) is 10.1 Å². The molecule has 1 heterocycles. The van der Waals surface area contributed by atoms with Crippen LogP contribution in [0.1, 0.15) is 48.3 Å². The van der Waals surface area contributed by atoms with Gasteiger partial charge < -0.3 is 15.0 Å². The number of aromatic amines is 1. The minimum absolute atomic E-state index is 0.0392. The Balaban J connectivity index is 1.50. The van der Waals surface area contributed by atoms with E-state index in [-0.39, 0.29) is 24.6 Å². The molecule has 2 amide bonds. The highest BCUT2D eigenvalue weighted by molar-refractivity contribution is 7.89. The average Bonchev–Trinajstić information content (AvgIpc) is 3.41. The van der Waals surface area contributed by atoms with E-state index in [1.165, 1.54) is 7.11 Å². The molecule has 4 N–H and O–H groups in total. The van der Waals surface area contributed by atoms with Crippen LogP contribution >= 0.6 is 23.2 Å². The van der Waals surface area contributed by atoms with Gasteiger partial charge in [-0.15, -0.1) is 0 Å². The Hall–Kier alpha value is -3.90. The van der Waals surface area contributed by atoms with E-state index in [2.05, 4.69) is 25.1 Å². The molecule has 4 aromatic rings. The quantitative estimate of drug-likeness (QED) is 0.122. The molecular weight excluding hydrogens is 637 g/mol. The molecule has 3 aromatic carbocycles. The second kappa shape index (κ2) is 15.9. The number of carbonyl (C=O) groups is 2. The van der Waals surface area contributed by atoms with Crippen LogP contribution in [0.25, 0.3) is 11.3 Å². The van der Waals surface area contributed by atoms with Crippen LogP contribution in [0.15, 0.2) is 72.8 Å². The summed E-state index contributed by atoms with van der Waals surface area (Å²) in [6.45, 7) is 1.91. The number of sulfonamides is 1. The van der Waals surface area contributed by atoms with Gasteiger partial charge in [-0.05, 0) is 60.2 Å². The molecule has 0 saturated heterocycles. The highest BCUT2D eigenvalue weighted by atomic mass is 35.5. The molecule has 0 aliphatic carbocycles. The number of imidazole rings is 1. The van der Waals surface area contributed by atoms with Crippen molar-refractivity contribution >= 4 is 50.9 Å². The summed E-state index contributed by atoms with van der Waals surface area (Å²) < 4.78 is 31.6. The molecule has 0 fully saturated rings. The first kappa shape index (κ1) is 34.0. The number of aromatic nitrogens is 2. The van der Waals surface area contributed by atoms with Crippen molar-refractivity contribution in [2.75, 3.05) is 18.2 Å². The van der Waals surface area contributed by atoms with Gasteiger partial charge in [-0.25, -0.2) is 22.9 Å². The van der Waals surface area contributed by atoms with E-state index < -0.39 is 22.2 Å². The van der Waals surface area contributed by atoms with Gasteiger partial charge in [0, 0.05) is 29.2 Å². The zero-order valence-electron chi connectivity index (χ0n) is 24.9. The fourth-order valence-corrected chi connectivity index (χ4v) is 6.21. The lowest BCUT2D eigenvalue weighted by atomic mass is 10.0. The van der Waals surface area contributed by atoms with Crippen LogP contribution in [0.5, 0.6) is 0 Å². The third-order valence-electron chi connectivity index (χ3n) is 6.96. The lowest BCUT2D eigenvalue weighted by molar-refractivity contribution is -0.121. The Morgan fingerprint density at radius 2 is 1.73 bits per heavy atom. The fourth-order valence-electron chi connectivity index (χ4n) is 4.71. The molecule has 13 heteroatoms. The number of hydrogen-bond donors (Lipinski definition) is 4. The molecule has 0 aliphatic heterocycles. The summed E-state index contributed by atoms with van der Waals surface area (Å²) in [4.78, 5) is 32.7. The number of hydrogen-bond acceptors (Lipinski definition) is 6. The van der Waals surface area contributed by atoms with Gasteiger partial charge in [0.15, 0.2) is 0 Å². The number of nitrogens with zero attached hydrogens (tertiary/aromatic N) is 1. The highest BCUT2D eigenvalue weighted by Gasteiger charge is 2.22. The maximum absolute atomic E-state index is 13.3. The minimum atomic E-state index is -3.40. The number of halogens is 2. The molecule has 0 bridgehead atoms. The molecule has 0 radical (unpaired) electrons. The van der Waals surface area contributed by atoms with Gasteiger partial charge in [0.05, 0.1) is 18.9 Å². The molecule has 0 unspecified atom stereocenters. The van der Waals surface area contributed by atoms with Crippen molar-refractivity contribution in [3.8, 4) is 11.3 Å². The van der Waals surface area contributed by atoms with Crippen LogP contribution in [0, 0.1) is 0 Å². The monoisotopic (exact) mass is 671 g/mol. The number of rotatable bonds is 14. The zero-order valence-corrected chi connectivity index (χ0v) is 27.2. The van der Waals surface area contributed by atoms with Gasteiger partial charge in [0.1, 0.15) is 16.7 Å². The van der Waals surface area contributed by atoms with Gasteiger partial charge in [0.2, 0.25) is 15.9 Å². The molecule has 4 rings (SSSR count). The van der Waals surface area contributed by atoms with Crippen molar-refractivity contribution in [2.24, 2.45) is 0 Å². The first-order valence-corrected chi connectivity index (χ1v) is 16.8. The van der Waals surface area contributed by atoms with E-state index in [9.17, 15) is 18.0 Å². The van der Waals surface area contributed by atoms with Crippen molar-refractivity contribution in [1.82, 2.24) is 20.0 Å². The second-order valence-electron chi connectivity index (χ2n) is 10.3. The van der Waals surface area contributed by atoms with E-state index in [1.54, 1.807) is 49.4 Å². The van der Waals surface area contributed by atoms with Crippen LogP contribution in [0.4, 0.5) is 10.5 Å². The summed E-state index contributed by atoms with van der Waals surface area (Å²) in [7, 11) is -2.11. The Labute approximate surface area is 272 Å². The predicted molar refractivity (Wildman–Crippen MR) is 177 cm³/mol. The normalized spacial score (nSPS) is 12.0. The molecule has 10 nitrogen and oxygen atoms in total. The highest BCUT2D eigenvalue weighted by Crippen LogP contribution is 2.30. The number of aryl methyl sites for hydroxylation is 1. The molecule has 45 heavy (non-hydrogen) atoms. The van der Waals surface area contributed by atoms with Gasteiger partial charge in [-0.1, -0.05) is 78.7 Å². The summed E-state index contributed by atoms with van der Waals surface area (Å²) in [5.74, 6) is 0.302. The number of amides is 2. The Morgan fingerprint density at radius 1 is 1.00 bits per heavy atom. The number of methoxy groups -OCH3 is 1. The standard InChI is InChI=1S/C32H35Cl2N5O5S/c1-3-17-45(42,43)35-20-24-9-13-25(33)19-23(24)12-16-28(40)37-27(18-21-7-5-4-6-8-21)31-38-29(30(34)39-31)22-10-14-26(15-11-22)36-32(41)44-2/h4-11,13-15,19,27,35H,3,12,16-18,20H2,1-2H3,(H,36,41)(H,37,40)(H,38,39)/t27-/m0/s1. The number of anilines is 1. The molecule has 1 atom stereocenters. The van der Waals surface area contributed by atoms with Crippen LogP contribution in [-0.4, -0.2) is 43.2 Å². The lowest BCUT2D eigenvalue weighted by Crippen LogP contribution is -2.31. The molecule has 238 valence electrons. The predicted octanol–water partition coefficient (Wildman–Crippen LogP) is 6.42. The van der Waals surface area contributed by atoms with E-state index in [0.29, 0.717) is 52.2 Å². The van der Waals surface area contributed by atoms with Crippen LogP contribution < -0.4 is 15.4 Å². The summed E-state index contributed by atoms with van der Waals surface area (Å²) in [5, 5.41) is 6.49. The van der Waals surface area contributed by atoms with Gasteiger partial charge in [0.25, 0.3) is 0 Å². The lowest BCUT2D eigenvalue weighted by Gasteiger charge is -2.18.